The summed E-state index contributed by atoms with van der Waals surface area (Å²) in [6.07, 6.45) is 0.800. The van der Waals surface area contributed by atoms with Crippen LogP contribution in [0, 0.1) is 0 Å². The zero-order chi connectivity index (χ0) is 16.0. The summed E-state index contributed by atoms with van der Waals surface area (Å²) in [5.41, 5.74) is 0.473. The van der Waals surface area contributed by atoms with Crippen LogP contribution in [0.15, 0.2) is 29.2 Å². The number of hydrogen-bond donors (Lipinski definition) is 0. The van der Waals surface area contributed by atoms with E-state index in [1.807, 2.05) is 6.92 Å². The summed E-state index contributed by atoms with van der Waals surface area (Å²) >= 11 is 0. The topological polar surface area (TPSA) is 77.5 Å². The Balaban J connectivity index is 2.85. The Labute approximate surface area is 125 Å². The number of sulfone groups is 1. The van der Waals surface area contributed by atoms with Crippen LogP contribution in [-0.4, -0.2) is 32.0 Å². The molecule has 0 bridgehead atoms. The Morgan fingerprint density at radius 1 is 1.14 bits per heavy atom. The van der Waals surface area contributed by atoms with E-state index in [0.717, 1.165) is 6.42 Å². The second kappa shape index (κ2) is 7.36. The lowest BCUT2D eigenvalue weighted by atomic mass is 10.1. The number of ether oxygens (including phenoxy) is 1. The maximum Gasteiger partial charge on any atom is 0.321 e. The van der Waals surface area contributed by atoms with Crippen LogP contribution in [0.3, 0.4) is 0 Å². The van der Waals surface area contributed by atoms with Crippen molar-refractivity contribution in [1.82, 2.24) is 0 Å². The number of benzene rings is 1. The molecule has 0 saturated heterocycles. The van der Waals surface area contributed by atoms with E-state index in [-0.39, 0.29) is 16.8 Å². The molecule has 0 aliphatic carbocycles. The summed E-state index contributed by atoms with van der Waals surface area (Å²) in [5.74, 6) is -1.51. The summed E-state index contributed by atoms with van der Waals surface area (Å²) in [4.78, 5) is 23.1. The highest BCUT2D eigenvalue weighted by Gasteiger charge is 2.21. The molecule has 0 fully saturated rings. The second-order valence-corrected chi connectivity index (χ2v) is 6.98. The highest BCUT2D eigenvalue weighted by molar-refractivity contribution is 7.92. The minimum absolute atomic E-state index is 0.0104. The van der Waals surface area contributed by atoms with Crippen molar-refractivity contribution in [3.05, 3.63) is 29.8 Å². The van der Waals surface area contributed by atoms with Gasteiger partial charge in [0, 0.05) is 12.0 Å². The van der Waals surface area contributed by atoms with Gasteiger partial charge in [-0.1, -0.05) is 19.1 Å². The van der Waals surface area contributed by atoms with Gasteiger partial charge in [0.25, 0.3) is 0 Å². The third kappa shape index (κ3) is 5.30. The Bertz CT molecular complexity index is 599. The third-order valence-corrected chi connectivity index (χ3v) is 4.29. The van der Waals surface area contributed by atoms with Crippen LogP contribution in [0.1, 0.15) is 44.0 Å². The molecule has 0 radical (unpaired) electrons. The molecular formula is C15H20O5S. The average Bonchev–Trinajstić information content (AvgIpc) is 2.37. The van der Waals surface area contributed by atoms with Crippen molar-refractivity contribution in [2.45, 2.75) is 44.6 Å². The minimum Gasteiger partial charge on any atom is -0.462 e. The lowest BCUT2D eigenvalue weighted by molar-refractivity contribution is -0.144. The molecule has 0 aliphatic heterocycles. The van der Waals surface area contributed by atoms with Crippen molar-refractivity contribution in [2.24, 2.45) is 0 Å². The minimum atomic E-state index is -3.75. The van der Waals surface area contributed by atoms with Crippen LogP contribution in [0.25, 0.3) is 0 Å². The number of ketones is 1. The Hall–Kier alpha value is -1.69. The van der Waals surface area contributed by atoms with E-state index in [1.54, 1.807) is 13.8 Å². The normalized spacial score (nSPS) is 11.4. The Kier molecular flexibility index (Phi) is 6.08. The van der Waals surface area contributed by atoms with Gasteiger partial charge in [0.1, 0.15) is 0 Å². The number of carbonyl (C=O) groups is 2. The highest BCUT2D eigenvalue weighted by atomic mass is 32.2. The van der Waals surface area contributed by atoms with Gasteiger partial charge in [0.2, 0.25) is 0 Å². The first-order valence-corrected chi connectivity index (χ1v) is 8.47. The van der Waals surface area contributed by atoms with Gasteiger partial charge in [-0.25, -0.2) is 8.42 Å². The van der Waals surface area contributed by atoms with E-state index >= 15 is 0 Å². The molecule has 1 aromatic rings. The predicted molar refractivity (Wildman–Crippen MR) is 79.0 cm³/mol. The largest absolute Gasteiger partial charge is 0.462 e. The van der Waals surface area contributed by atoms with Crippen molar-refractivity contribution < 1.29 is 22.7 Å². The monoisotopic (exact) mass is 312 g/mol. The SMILES string of the molecule is CCCC(=O)c1ccc(S(=O)(=O)CC(=O)OC(C)C)cc1. The molecule has 0 heterocycles. The molecule has 0 spiro atoms. The number of esters is 1. The quantitative estimate of drug-likeness (QED) is 0.570. The number of Topliss-reactive ketones (excluding diaryl/α,β-unsaturated/α-hetero) is 1. The molecule has 1 rings (SSSR count). The van der Waals surface area contributed by atoms with Crippen molar-refractivity contribution in [3.8, 4) is 0 Å². The van der Waals surface area contributed by atoms with Crippen molar-refractivity contribution >= 4 is 21.6 Å². The van der Waals surface area contributed by atoms with Crippen molar-refractivity contribution in [2.75, 3.05) is 5.75 Å². The molecule has 6 heteroatoms. The summed E-state index contributed by atoms with van der Waals surface area (Å²) in [6, 6.07) is 5.64. The molecule has 0 atom stereocenters. The fourth-order valence-electron chi connectivity index (χ4n) is 1.75. The molecular weight excluding hydrogens is 292 g/mol. The summed E-state index contributed by atoms with van der Waals surface area (Å²) in [5, 5.41) is 0. The van der Waals surface area contributed by atoms with Gasteiger partial charge in [-0.05, 0) is 32.4 Å². The van der Waals surface area contributed by atoms with Crippen LogP contribution in [0.4, 0.5) is 0 Å². The van der Waals surface area contributed by atoms with Crippen molar-refractivity contribution in [1.29, 1.82) is 0 Å². The van der Waals surface area contributed by atoms with E-state index in [4.69, 9.17) is 4.74 Å². The second-order valence-electron chi connectivity index (χ2n) is 5.00. The van der Waals surface area contributed by atoms with E-state index < -0.39 is 21.6 Å². The number of rotatable bonds is 7. The number of hydrogen-bond acceptors (Lipinski definition) is 5. The van der Waals surface area contributed by atoms with Gasteiger partial charge >= 0.3 is 5.97 Å². The van der Waals surface area contributed by atoms with E-state index in [2.05, 4.69) is 0 Å². The molecule has 116 valence electrons. The van der Waals surface area contributed by atoms with Gasteiger partial charge in [-0.3, -0.25) is 9.59 Å². The van der Waals surface area contributed by atoms with Crippen molar-refractivity contribution in [3.63, 3.8) is 0 Å². The van der Waals surface area contributed by atoms with Crippen LogP contribution in [0.2, 0.25) is 0 Å². The molecule has 1 aromatic carbocycles. The summed E-state index contributed by atoms with van der Waals surface area (Å²) < 4.78 is 28.9. The molecule has 0 N–H and O–H groups in total. The first-order valence-electron chi connectivity index (χ1n) is 6.81. The smallest absolute Gasteiger partial charge is 0.321 e. The van der Waals surface area contributed by atoms with Gasteiger partial charge < -0.3 is 4.74 Å². The lowest BCUT2D eigenvalue weighted by Crippen LogP contribution is -2.21. The van der Waals surface area contributed by atoms with E-state index in [1.165, 1.54) is 24.3 Å². The van der Waals surface area contributed by atoms with E-state index in [9.17, 15) is 18.0 Å². The standard InChI is InChI=1S/C15H20O5S/c1-4-5-14(16)12-6-8-13(9-7-12)21(18,19)10-15(17)20-11(2)3/h6-9,11H,4-5,10H2,1-3H3. The predicted octanol–water partition coefficient (Wildman–Crippen LogP) is 2.39. The molecule has 0 aromatic heterocycles. The molecule has 0 saturated carbocycles. The first kappa shape index (κ1) is 17.4. The van der Waals surface area contributed by atoms with Gasteiger partial charge in [0.05, 0.1) is 11.0 Å². The zero-order valence-electron chi connectivity index (χ0n) is 12.5. The maximum absolute atomic E-state index is 12.0. The maximum atomic E-state index is 12.0. The number of carbonyl (C=O) groups excluding carboxylic acids is 2. The first-order chi connectivity index (χ1) is 9.76. The highest BCUT2D eigenvalue weighted by Crippen LogP contribution is 2.14. The molecule has 21 heavy (non-hydrogen) atoms. The van der Waals surface area contributed by atoms with Gasteiger partial charge in [-0.2, -0.15) is 0 Å². The summed E-state index contributed by atoms with van der Waals surface area (Å²) in [6.45, 7) is 5.20. The lowest BCUT2D eigenvalue weighted by Gasteiger charge is -2.08. The molecule has 0 aliphatic rings. The van der Waals surface area contributed by atoms with Crippen LogP contribution in [-0.2, 0) is 19.4 Å². The molecule has 0 unspecified atom stereocenters. The van der Waals surface area contributed by atoms with Crippen LogP contribution in [0.5, 0.6) is 0 Å². The summed E-state index contributed by atoms with van der Waals surface area (Å²) in [7, 11) is -3.75. The van der Waals surface area contributed by atoms with E-state index in [0.29, 0.717) is 12.0 Å². The molecule has 0 amide bonds. The Morgan fingerprint density at radius 2 is 1.71 bits per heavy atom. The molecule has 5 nitrogen and oxygen atoms in total. The van der Waals surface area contributed by atoms with Gasteiger partial charge in [-0.15, -0.1) is 0 Å². The zero-order valence-corrected chi connectivity index (χ0v) is 13.3. The van der Waals surface area contributed by atoms with Crippen LogP contribution >= 0.6 is 0 Å². The Morgan fingerprint density at radius 3 is 2.19 bits per heavy atom. The third-order valence-electron chi connectivity index (χ3n) is 2.69. The fourth-order valence-corrected chi connectivity index (χ4v) is 2.85. The van der Waals surface area contributed by atoms with Crippen LogP contribution < -0.4 is 0 Å². The fraction of sp³-hybridized carbons (Fsp3) is 0.467. The van der Waals surface area contributed by atoms with Gasteiger partial charge in [0.15, 0.2) is 21.4 Å². The average molecular weight is 312 g/mol.